The Balaban J connectivity index is 1.37. The van der Waals surface area contributed by atoms with Crippen LogP contribution >= 0.6 is 0 Å². The van der Waals surface area contributed by atoms with Crippen LogP contribution < -0.4 is 30.8 Å². The van der Waals surface area contributed by atoms with Crippen LogP contribution in [-0.4, -0.2) is 28.6 Å². The van der Waals surface area contributed by atoms with E-state index in [4.69, 9.17) is 19.5 Å². The van der Waals surface area contributed by atoms with Crippen molar-refractivity contribution < 1.29 is 9.47 Å². The number of hydrogen-bond acceptors (Lipinski definition) is 5. The number of para-hydroxylation sites is 2. The maximum Gasteiger partial charge on any atom is 0.260 e. The van der Waals surface area contributed by atoms with E-state index < -0.39 is 0 Å². The summed E-state index contributed by atoms with van der Waals surface area (Å²) in [5.74, 6) is 5.26. The van der Waals surface area contributed by atoms with E-state index in [9.17, 15) is 0 Å². The van der Waals surface area contributed by atoms with Gasteiger partial charge in [-0.05, 0) is 81.9 Å². The zero-order chi connectivity index (χ0) is 25.5. The van der Waals surface area contributed by atoms with Crippen molar-refractivity contribution in [2.24, 2.45) is 4.99 Å². The standard InChI is InChI=1S/C31H28BN3O2/c1-19-34-30(2,3)31(4,5)35(19)28-16-10-13-23(33-28)20-17-26-29-27(18-20)37-25-15-9-7-12-22(25)32(29)21-11-6-8-14-24(21)36-26/h6-18H,1-5H3. The summed E-state index contributed by atoms with van der Waals surface area (Å²) in [7, 11) is 0. The van der Waals surface area contributed by atoms with E-state index in [1.165, 1.54) is 0 Å². The summed E-state index contributed by atoms with van der Waals surface area (Å²) < 4.78 is 12.9. The molecule has 6 heteroatoms. The predicted molar refractivity (Wildman–Crippen MR) is 151 cm³/mol. The molecule has 3 aliphatic rings. The van der Waals surface area contributed by atoms with E-state index in [0.717, 1.165) is 62.3 Å². The second kappa shape index (κ2) is 7.48. The summed E-state index contributed by atoms with van der Waals surface area (Å²) in [6, 6.07) is 26.9. The minimum absolute atomic E-state index is 0.0692. The van der Waals surface area contributed by atoms with E-state index in [1.54, 1.807) is 0 Å². The molecule has 4 aromatic rings. The van der Waals surface area contributed by atoms with Crippen LogP contribution in [0.2, 0.25) is 0 Å². The van der Waals surface area contributed by atoms with Crippen molar-refractivity contribution in [3.63, 3.8) is 0 Å². The summed E-state index contributed by atoms with van der Waals surface area (Å²) in [6.45, 7) is 10.9. The Morgan fingerprint density at radius 2 is 1.32 bits per heavy atom. The molecule has 1 aromatic heterocycles. The SMILES string of the molecule is CC1=NC(C)(C)C(C)(C)N1c1cccc(-c2cc3c4c(c2)Oc2ccccc2B4c2ccccc2O3)n1. The molecule has 37 heavy (non-hydrogen) atoms. The molecule has 0 unspecified atom stereocenters. The first-order valence-corrected chi connectivity index (χ1v) is 12.8. The number of anilines is 1. The number of pyridine rings is 1. The summed E-state index contributed by atoms with van der Waals surface area (Å²) >= 11 is 0. The lowest BCUT2D eigenvalue weighted by Crippen LogP contribution is -2.57. The van der Waals surface area contributed by atoms with Gasteiger partial charge in [0.25, 0.3) is 6.71 Å². The zero-order valence-electron chi connectivity index (χ0n) is 21.7. The van der Waals surface area contributed by atoms with E-state index in [1.807, 2.05) is 30.3 Å². The molecule has 0 fully saturated rings. The first kappa shape index (κ1) is 22.2. The number of aromatic nitrogens is 1. The van der Waals surface area contributed by atoms with Crippen LogP contribution in [0.1, 0.15) is 34.6 Å². The third kappa shape index (κ3) is 3.11. The number of rotatable bonds is 2. The molecule has 3 aliphatic heterocycles. The third-order valence-electron chi connectivity index (χ3n) is 8.37. The smallest absolute Gasteiger partial charge is 0.260 e. The van der Waals surface area contributed by atoms with Crippen LogP contribution in [0.15, 0.2) is 83.9 Å². The monoisotopic (exact) mass is 485 g/mol. The van der Waals surface area contributed by atoms with Gasteiger partial charge in [-0.15, -0.1) is 0 Å². The highest BCUT2D eigenvalue weighted by Gasteiger charge is 2.48. The van der Waals surface area contributed by atoms with Gasteiger partial charge in [0.1, 0.15) is 34.7 Å². The Bertz CT molecular complexity index is 1550. The minimum Gasteiger partial charge on any atom is -0.458 e. The molecule has 0 N–H and O–H groups in total. The van der Waals surface area contributed by atoms with Crippen molar-refractivity contribution in [2.45, 2.75) is 45.7 Å². The molecule has 0 bridgehead atoms. The van der Waals surface area contributed by atoms with Crippen LogP contribution in [-0.2, 0) is 0 Å². The molecule has 7 rings (SSSR count). The van der Waals surface area contributed by atoms with Gasteiger partial charge in [0, 0.05) is 11.0 Å². The Labute approximate surface area is 217 Å². The maximum absolute atomic E-state index is 6.47. The molecule has 3 aromatic carbocycles. The normalized spacial score (nSPS) is 17.7. The first-order chi connectivity index (χ1) is 17.7. The maximum atomic E-state index is 6.47. The summed E-state index contributed by atoms with van der Waals surface area (Å²) in [5.41, 5.74) is 4.79. The lowest BCUT2D eigenvalue weighted by Gasteiger charge is -2.40. The predicted octanol–water partition coefficient (Wildman–Crippen LogP) is 5.27. The summed E-state index contributed by atoms with van der Waals surface area (Å²) in [4.78, 5) is 12.3. The van der Waals surface area contributed by atoms with E-state index >= 15 is 0 Å². The molecule has 0 atom stereocenters. The first-order valence-electron chi connectivity index (χ1n) is 12.8. The summed E-state index contributed by atoms with van der Waals surface area (Å²) in [5, 5.41) is 0. The van der Waals surface area contributed by atoms with Crippen LogP contribution in [0.5, 0.6) is 23.0 Å². The largest absolute Gasteiger partial charge is 0.458 e. The molecular formula is C31H28BN3O2. The topological polar surface area (TPSA) is 47.0 Å². The average molecular weight is 485 g/mol. The third-order valence-corrected chi connectivity index (χ3v) is 8.37. The van der Waals surface area contributed by atoms with Crippen LogP contribution in [0.4, 0.5) is 5.82 Å². The van der Waals surface area contributed by atoms with Gasteiger partial charge in [-0.25, -0.2) is 4.98 Å². The van der Waals surface area contributed by atoms with Gasteiger partial charge in [0.2, 0.25) is 0 Å². The molecule has 0 spiro atoms. The number of fused-ring (bicyclic) bond motifs is 4. The highest BCUT2D eigenvalue weighted by Crippen LogP contribution is 2.41. The fourth-order valence-electron chi connectivity index (χ4n) is 5.97. The Morgan fingerprint density at radius 3 is 1.89 bits per heavy atom. The number of nitrogens with zero attached hydrogens (tertiary/aromatic N) is 3. The second-order valence-corrected chi connectivity index (χ2v) is 11.1. The highest BCUT2D eigenvalue weighted by molar-refractivity contribution is 6.98. The number of hydrogen-bond donors (Lipinski definition) is 0. The van der Waals surface area contributed by atoms with Crippen molar-refractivity contribution in [3.05, 3.63) is 78.9 Å². The number of ether oxygens (including phenoxy) is 2. The van der Waals surface area contributed by atoms with Gasteiger partial charge in [0.05, 0.1) is 16.8 Å². The molecule has 0 aliphatic carbocycles. The van der Waals surface area contributed by atoms with Crippen LogP contribution in [0.25, 0.3) is 11.3 Å². The van der Waals surface area contributed by atoms with Crippen molar-refractivity contribution >= 4 is 34.8 Å². The lowest BCUT2D eigenvalue weighted by atomic mass is 9.35. The zero-order valence-corrected chi connectivity index (χ0v) is 21.7. The van der Waals surface area contributed by atoms with Crippen molar-refractivity contribution in [1.82, 2.24) is 4.98 Å². The molecule has 0 radical (unpaired) electrons. The number of amidine groups is 1. The molecule has 182 valence electrons. The number of aliphatic imine (C=N–C) groups is 1. The van der Waals surface area contributed by atoms with E-state index in [0.29, 0.717) is 0 Å². The molecular weight excluding hydrogens is 457 g/mol. The van der Waals surface area contributed by atoms with Gasteiger partial charge < -0.3 is 14.4 Å². The molecule has 4 heterocycles. The van der Waals surface area contributed by atoms with Gasteiger partial charge in [-0.2, -0.15) is 0 Å². The van der Waals surface area contributed by atoms with Crippen molar-refractivity contribution in [1.29, 1.82) is 0 Å². The fourth-order valence-corrected chi connectivity index (χ4v) is 5.97. The highest BCUT2D eigenvalue weighted by atomic mass is 16.5. The average Bonchev–Trinajstić information content (AvgIpc) is 3.04. The molecule has 0 saturated carbocycles. The van der Waals surface area contributed by atoms with Gasteiger partial charge in [-0.3, -0.25) is 4.99 Å². The minimum atomic E-state index is -0.220. The van der Waals surface area contributed by atoms with E-state index in [-0.39, 0.29) is 17.8 Å². The van der Waals surface area contributed by atoms with E-state index in [2.05, 4.69) is 88.0 Å². The van der Waals surface area contributed by atoms with Crippen molar-refractivity contribution in [2.75, 3.05) is 4.90 Å². The molecule has 5 nitrogen and oxygen atoms in total. The van der Waals surface area contributed by atoms with Crippen LogP contribution in [0, 0.1) is 0 Å². The molecule has 0 amide bonds. The lowest BCUT2D eigenvalue weighted by molar-refractivity contribution is 0.337. The Kier molecular flexibility index (Phi) is 4.48. The Hall–Kier alpha value is -4.06. The van der Waals surface area contributed by atoms with Gasteiger partial charge in [-0.1, -0.05) is 42.5 Å². The van der Waals surface area contributed by atoms with Gasteiger partial charge in [0.15, 0.2) is 0 Å². The quantitative estimate of drug-likeness (QED) is 0.314. The molecule has 0 saturated heterocycles. The van der Waals surface area contributed by atoms with Gasteiger partial charge >= 0.3 is 0 Å². The Morgan fingerprint density at radius 1 is 0.730 bits per heavy atom. The van der Waals surface area contributed by atoms with Crippen LogP contribution in [0.3, 0.4) is 0 Å². The summed E-state index contributed by atoms with van der Waals surface area (Å²) in [6.07, 6.45) is 0. The second-order valence-electron chi connectivity index (χ2n) is 11.1. The fraction of sp³-hybridized carbons (Fsp3) is 0.226. The van der Waals surface area contributed by atoms with Crippen molar-refractivity contribution in [3.8, 4) is 34.3 Å². The number of benzene rings is 3.